The smallest absolute Gasteiger partial charge is 0.186 e. The quantitative estimate of drug-likeness (QED) is 0.854. The highest BCUT2D eigenvalue weighted by atomic mass is 16.1. The van der Waals surface area contributed by atoms with E-state index in [1.807, 2.05) is 72.8 Å². The summed E-state index contributed by atoms with van der Waals surface area (Å²) >= 11 is 0. The second-order valence-corrected chi connectivity index (χ2v) is 5.42. The zero-order chi connectivity index (χ0) is 15.2. The molecule has 2 nitrogen and oxygen atoms in total. The fourth-order valence-corrected chi connectivity index (χ4v) is 2.60. The van der Waals surface area contributed by atoms with Crippen molar-refractivity contribution < 1.29 is 4.79 Å². The van der Waals surface area contributed by atoms with Crippen molar-refractivity contribution in [2.75, 3.05) is 13.1 Å². The van der Waals surface area contributed by atoms with Crippen LogP contribution in [0.25, 0.3) is 12.2 Å². The lowest BCUT2D eigenvalue weighted by Crippen LogP contribution is -2.16. The summed E-state index contributed by atoms with van der Waals surface area (Å²) in [6.45, 7) is 1.45. The monoisotopic (exact) mass is 289 g/mol. The molecule has 1 aliphatic heterocycles. The van der Waals surface area contributed by atoms with Crippen LogP contribution in [0.15, 0.2) is 71.8 Å². The molecule has 2 aromatic carbocycles. The normalized spacial score (nSPS) is 19.4. The van der Waals surface area contributed by atoms with E-state index >= 15 is 0 Å². The second-order valence-electron chi connectivity index (χ2n) is 5.42. The van der Waals surface area contributed by atoms with Crippen LogP contribution in [-0.4, -0.2) is 18.9 Å². The minimum absolute atomic E-state index is 0.151. The van der Waals surface area contributed by atoms with Crippen molar-refractivity contribution in [3.05, 3.63) is 82.9 Å². The highest BCUT2D eigenvalue weighted by molar-refractivity contribution is 6.13. The Bertz CT molecular complexity index is 638. The van der Waals surface area contributed by atoms with Crippen molar-refractivity contribution in [3.8, 4) is 0 Å². The fourth-order valence-electron chi connectivity index (χ4n) is 2.60. The lowest BCUT2D eigenvalue weighted by molar-refractivity contribution is -0.112. The van der Waals surface area contributed by atoms with E-state index < -0.39 is 0 Å². The standard InChI is InChI=1S/C20H19NO/c22-20-18(13-16-7-3-1-4-8-16)11-12-21-15-19(20)14-17-9-5-2-6-10-17/h1-10,13-14,21H,11-12,15H2/b18-13+,19-14+. The van der Waals surface area contributed by atoms with Crippen LogP contribution in [0.4, 0.5) is 0 Å². The number of carbonyl (C=O) groups excluding carboxylic acids is 1. The van der Waals surface area contributed by atoms with Crippen molar-refractivity contribution in [1.29, 1.82) is 0 Å². The van der Waals surface area contributed by atoms with Crippen LogP contribution in [0.5, 0.6) is 0 Å². The van der Waals surface area contributed by atoms with Crippen molar-refractivity contribution in [2.45, 2.75) is 6.42 Å². The largest absolute Gasteiger partial charge is 0.312 e. The molecule has 1 fully saturated rings. The second kappa shape index (κ2) is 7.01. The first-order valence-electron chi connectivity index (χ1n) is 7.59. The first-order valence-corrected chi connectivity index (χ1v) is 7.59. The third kappa shape index (κ3) is 3.60. The van der Waals surface area contributed by atoms with Crippen LogP contribution in [0.3, 0.4) is 0 Å². The third-order valence-electron chi connectivity index (χ3n) is 3.75. The predicted octanol–water partition coefficient (Wildman–Crippen LogP) is 3.72. The van der Waals surface area contributed by atoms with Crippen LogP contribution < -0.4 is 5.32 Å². The number of benzene rings is 2. The first kappa shape index (κ1) is 14.5. The number of carbonyl (C=O) groups is 1. The Morgan fingerprint density at radius 3 is 1.91 bits per heavy atom. The molecular weight excluding hydrogens is 270 g/mol. The zero-order valence-electron chi connectivity index (χ0n) is 12.5. The van der Waals surface area contributed by atoms with Gasteiger partial charge in [0.15, 0.2) is 5.78 Å². The maximum Gasteiger partial charge on any atom is 0.186 e. The Hall–Kier alpha value is -2.45. The van der Waals surface area contributed by atoms with E-state index in [-0.39, 0.29) is 5.78 Å². The van der Waals surface area contributed by atoms with Crippen LogP contribution in [0, 0.1) is 0 Å². The van der Waals surface area contributed by atoms with E-state index in [2.05, 4.69) is 5.32 Å². The summed E-state index contributed by atoms with van der Waals surface area (Å²) < 4.78 is 0. The topological polar surface area (TPSA) is 29.1 Å². The molecule has 0 atom stereocenters. The van der Waals surface area contributed by atoms with Gasteiger partial charge in [0.2, 0.25) is 0 Å². The summed E-state index contributed by atoms with van der Waals surface area (Å²) in [5, 5.41) is 3.33. The maximum absolute atomic E-state index is 12.8. The summed E-state index contributed by atoms with van der Waals surface area (Å²) in [5.74, 6) is 0.151. The molecule has 1 aliphatic rings. The van der Waals surface area contributed by atoms with E-state index in [0.717, 1.165) is 35.2 Å². The Morgan fingerprint density at radius 1 is 0.773 bits per heavy atom. The van der Waals surface area contributed by atoms with Gasteiger partial charge in [-0.2, -0.15) is 0 Å². The number of rotatable bonds is 2. The Balaban J connectivity index is 1.91. The summed E-state index contributed by atoms with van der Waals surface area (Å²) in [5.41, 5.74) is 3.84. The van der Waals surface area contributed by atoms with Gasteiger partial charge in [0.25, 0.3) is 0 Å². The predicted molar refractivity (Wildman–Crippen MR) is 91.3 cm³/mol. The van der Waals surface area contributed by atoms with Crippen molar-refractivity contribution >= 4 is 17.9 Å². The molecule has 0 amide bonds. The third-order valence-corrected chi connectivity index (χ3v) is 3.75. The first-order chi connectivity index (χ1) is 10.8. The SMILES string of the molecule is O=C1/C(=C/c2ccccc2)CCNC/C1=C\c1ccccc1. The van der Waals surface area contributed by atoms with Gasteiger partial charge in [0, 0.05) is 17.7 Å². The Kier molecular flexibility index (Phi) is 4.62. The van der Waals surface area contributed by atoms with Gasteiger partial charge in [0.05, 0.1) is 0 Å². The summed E-state index contributed by atoms with van der Waals surface area (Å²) in [6.07, 6.45) is 4.76. The molecule has 0 radical (unpaired) electrons. The van der Waals surface area contributed by atoms with Crippen LogP contribution in [-0.2, 0) is 4.79 Å². The molecule has 0 bridgehead atoms. The molecular formula is C20H19NO. The highest BCUT2D eigenvalue weighted by Crippen LogP contribution is 2.19. The van der Waals surface area contributed by atoms with Crippen LogP contribution >= 0.6 is 0 Å². The molecule has 1 saturated heterocycles. The lowest BCUT2D eigenvalue weighted by Gasteiger charge is -2.05. The average Bonchev–Trinajstić information content (AvgIpc) is 2.73. The van der Waals surface area contributed by atoms with Crippen molar-refractivity contribution in [3.63, 3.8) is 0 Å². The van der Waals surface area contributed by atoms with Gasteiger partial charge in [0.1, 0.15) is 0 Å². The molecule has 0 spiro atoms. The summed E-state index contributed by atoms with van der Waals surface area (Å²) in [4.78, 5) is 12.8. The average molecular weight is 289 g/mol. The maximum atomic E-state index is 12.8. The zero-order valence-corrected chi connectivity index (χ0v) is 12.5. The lowest BCUT2D eigenvalue weighted by atomic mass is 9.98. The van der Waals surface area contributed by atoms with Crippen LogP contribution in [0.1, 0.15) is 17.5 Å². The number of hydrogen-bond donors (Lipinski definition) is 1. The summed E-state index contributed by atoms with van der Waals surface area (Å²) in [6, 6.07) is 20.0. The van der Waals surface area contributed by atoms with E-state index in [4.69, 9.17) is 0 Å². The molecule has 0 aliphatic carbocycles. The van der Waals surface area contributed by atoms with Crippen molar-refractivity contribution in [1.82, 2.24) is 5.32 Å². The van der Waals surface area contributed by atoms with Crippen LogP contribution in [0.2, 0.25) is 0 Å². The molecule has 0 unspecified atom stereocenters. The van der Waals surface area contributed by atoms with Crippen molar-refractivity contribution in [2.24, 2.45) is 0 Å². The Labute approximate surface area is 131 Å². The molecule has 1 N–H and O–H groups in total. The van der Waals surface area contributed by atoms with E-state index in [0.29, 0.717) is 6.54 Å². The minimum Gasteiger partial charge on any atom is -0.312 e. The van der Waals surface area contributed by atoms with Gasteiger partial charge in [-0.25, -0.2) is 0 Å². The van der Waals surface area contributed by atoms with Gasteiger partial charge >= 0.3 is 0 Å². The molecule has 22 heavy (non-hydrogen) atoms. The van der Waals surface area contributed by atoms with Gasteiger partial charge in [-0.3, -0.25) is 4.79 Å². The molecule has 2 heteroatoms. The number of Topliss-reactive ketones (excluding diaryl/α,β-unsaturated/α-hetero) is 1. The molecule has 110 valence electrons. The Morgan fingerprint density at radius 2 is 1.32 bits per heavy atom. The molecule has 2 aromatic rings. The van der Waals surface area contributed by atoms with Gasteiger partial charge in [-0.15, -0.1) is 0 Å². The number of ketones is 1. The number of hydrogen-bond acceptors (Lipinski definition) is 2. The van der Waals surface area contributed by atoms with E-state index in [1.54, 1.807) is 0 Å². The molecule has 1 heterocycles. The van der Waals surface area contributed by atoms with E-state index in [1.165, 1.54) is 0 Å². The fraction of sp³-hybridized carbons (Fsp3) is 0.150. The summed E-state index contributed by atoms with van der Waals surface area (Å²) in [7, 11) is 0. The van der Waals surface area contributed by atoms with Gasteiger partial charge < -0.3 is 5.32 Å². The molecule has 3 rings (SSSR count). The van der Waals surface area contributed by atoms with Gasteiger partial charge in [-0.05, 0) is 36.2 Å². The number of nitrogens with one attached hydrogen (secondary N) is 1. The van der Waals surface area contributed by atoms with E-state index in [9.17, 15) is 4.79 Å². The highest BCUT2D eigenvalue weighted by Gasteiger charge is 2.18. The van der Waals surface area contributed by atoms with Gasteiger partial charge in [-0.1, -0.05) is 60.7 Å². The molecule has 0 saturated carbocycles. The molecule has 0 aromatic heterocycles. The minimum atomic E-state index is 0.151.